The van der Waals surface area contributed by atoms with Crippen LogP contribution in [0.25, 0.3) is 0 Å². The van der Waals surface area contributed by atoms with E-state index in [0.29, 0.717) is 13.0 Å². The molecule has 0 aromatic heterocycles. The van der Waals surface area contributed by atoms with Crippen LogP contribution in [0.1, 0.15) is 20.3 Å². The second kappa shape index (κ2) is 9.39. The van der Waals surface area contributed by atoms with Crippen LogP contribution in [0.4, 0.5) is 5.69 Å². The van der Waals surface area contributed by atoms with Gasteiger partial charge in [-0.15, -0.1) is 12.4 Å². The summed E-state index contributed by atoms with van der Waals surface area (Å²) >= 11 is 0. The van der Waals surface area contributed by atoms with Gasteiger partial charge in [0.25, 0.3) is 0 Å². The van der Waals surface area contributed by atoms with Gasteiger partial charge in [-0.05, 0) is 24.5 Å². The minimum Gasteiger partial charge on any atom is -0.346 e. The van der Waals surface area contributed by atoms with Gasteiger partial charge in [0.1, 0.15) is 6.04 Å². The lowest BCUT2D eigenvalue weighted by atomic mass is 10.1. The summed E-state index contributed by atoms with van der Waals surface area (Å²) in [6.07, 6.45) is 0.541. The first kappa shape index (κ1) is 20.9. The van der Waals surface area contributed by atoms with Crippen molar-refractivity contribution >= 4 is 35.8 Å². The molecule has 3 amide bonds. The first-order valence-corrected chi connectivity index (χ1v) is 8.09. The molecule has 4 N–H and O–H groups in total. The zero-order valence-corrected chi connectivity index (χ0v) is 15.2. The minimum absolute atomic E-state index is 0. The van der Waals surface area contributed by atoms with Gasteiger partial charge in [0.05, 0.1) is 12.6 Å². The number of hydrogen-bond donors (Lipinski definition) is 3. The number of amides is 3. The summed E-state index contributed by atoms with van der Waals surface area (Å²) < 4.78 is 0. The molecule has 0 saturated carbocycles. The van der Waals surface area contributed by atoms with E-state index in [0.717, 1.165) is 5.69 Å². The van der Waals surface area contributed by atoms with Crippen molar-refractivity contribution in [3.63, 3.8) is 0 Å². The van der Waals surface area contributed by atoms with Crippen LogP contribution < -0.4 is 21.3 Å². The molecular formula is C17H25ClN4O3. The molecule has 1 aliphatic rings. The zero-order valence-electron chi connectivity index (χ0n) is 14.4. The quantitative estimate of drug-likeness (QED) is 0.677. The Labute approximate surface area is 153 Å². The van der Waals surface area contributed by atoms with Crippen molar-refractivity contribution in [2.24, 2.45) is 11.7 Å². The molecule has 0 bridgehead atoms. The van der Waals surface area contributed by atoms with Crippen molar-refractivity contribution in [3.8, 4) is 0 Å². The van der Waals surface area contributed by atoms with E-state index in [1.807, 2.05) is 44.2 Å². The third-order valence-electron chi connectivity index (χ3n) is 4.05. The molecule has 1 unspecified atom stereocenters. The molecular weight excluding hydrogens is 344 g/mol. The van der Waals surface area contributed by atoms with Gasteiger partial charge >= 0.3 is 0 Å². The third kappa shape index (κ3) is 5.44. The largest absolute Gasteiger partial charge is 0.346 e. The second-order valence-electron chi connectivity index (χ2n) is 6.22. The van der Waals surface area contributed by atoms with Crippen molar-refractivity contribution in [1.29, 1.82) is 0 Å². The van der Waals surface area contributed by atoms with Crippen molar-refractivity contribution in [2.45, 2.75) is 32.4 Å². The molecule has 2 atom stereocenters. The Hall–Kier alpha value is -2.12. The summed E-state index contributed by atoms with van der Waals surface area (Å²) in [6.45, 7) is 4.03. The standard InChI is InChI=1S/C17H24N4O3.ClH/c1-11(2)15(18)16(23)19-10-14(22)20-13-8-9-21(17(13)24)12-6-4-3-5-7-12;/h3-7,11,13,15H,8-10,18H2,1-2H3,(H,19,23)(H,20,22);1H/t13?,15-;/m0./s1. The Bertz CT molecular complexity index is 609. The second-order valence-corrected chi connectivity index (χ2v) is 6.22. The fraction of sp³-hybridized carbons (Fsp3) is 0.471. The normalized spacial score (nSPS) is 17.8. The summed E-state index contributed by atoms with van der Waals surface area (Å²) in [4.78, 5) is 37.7. The van der Waals surface area contributed by atoms with Gasteiger partial charge in [0, 0.05) is 12.2 Å². The van der Waals surface area contributed by atoms with Gasteiger partial charge in [0.15, 0.2) is 0 Å². The molecule has 8 heteroatoms. The number of nitrogens with two attached hydrogens (primary N) is 1. The van der Waals surface area contributed by atoms with Crippen LogP contribution in [-0.2, 0) is 14.4 Å². The van der Waals surface area contributed by atoms with Gasteiger partial charge in [0.2, 0.25) is 17.7 Å². The highest BCUT2D eigenvalue weighted by atomic mass is 35.5. The number of nitrogens with one attached hydrogen (secondary N) is 2. The van der Waals surface area contributed by atoms with E-state index in [1.54, 1.807) is 4.90 Å². The molecule has 1 aliphatic heterocycles. The van der Waals surface area contributed by atoms with Crippen LogP contribution in [0, 0.1) is 5.92 Å². The molecule has 1 aromatic carbocycles. The van der Waals surface area contributed by atoms with E-state index < -0.39 is 18.0 Å². The molecule has 1 aromatic rings. The van der Waals surface area contributed by atoms with Crippen molar-refractivity contribution in [1.82, 2.24) is 10.6 Å². The van der Waals surface area contributed by atoms with E-state index in [4.69, 9.17) is 5.73 Å². The molecule has 0 radical (unpaired) electrons. The summed E-state index contributed by atoms with van der Waals surface area (Å²) in [6, 6.07) is 8.11. The summed E-state index contributed by atoms with van der Waals surface area (Å²) in [5.74, 6) is -0.917. The summed E-state index contributed by atoms with van der Waals surface area (Å²) in [5, 5.41) is 5.16. The van der Waals surface area contributed by atoms with Crippen molar-refractivity contribution in [2.75, 3.05) is 18.0 Å². The molecule has 7 nitrogen and oxygen atoms in total. The summed E-state index contributed by atoms with van der Waals surface area (Å²) in [7, 11) is 0. The van der Waals surface area contributed by atoms with Gasteiger partial charge < -0.3 is 21.3 Å². The number of nitrogens with zero attached hydrogens (tertiary/aromatic N) is 1. The maximum absolute atomic E-state index is 12.4. The minimum atomic E-state index is -0.653. The van der Waals surface area contributed by atoms with Crippen LogP contribution in [0.2, 0.25) is 0 Å². The number of carbonyl (C=O) groups is 3. The molecule has 25 heavy (non-hydrogen) atoms. The van der Waals surface area contributed by atoms with Gasteiger partial charge in [-0.2, -0.15) is 0 Å². The molecule has 1 heterocycles. The Morgan fingerprint density at radius 3 is 2.52 bits per heavy atom. The van der Waals surface area contributed by atoms with Gasteiger partial charge in [-0.3, -0.25) is 14.4 Å². The number of halogens is 1. The highest BCUT2D eigenvalue weighted by Crippen LogP contribution is 2.20. The van der Waals surface area contributed by atoms with Crippen molar-refractivity contribution in [3.05, 3.63) is 30.3 Å². The van der Waals surface area contributed by atoms with E-state index in [1.165, 1.54) is 0 Å². The first-order valence-electron chi connectivity index (χ1n) is 8.09. The lowest BCUT2D eigenvalue weighted by molar-refractivity contribution is -0.128. The van der Waals surface area contributed by atoms with Crippen LogP contribution in [0.5, 0.6) is 0 Å². The predicted molar refractivity (Wildman–Crippen MR) is 98.4 cm³/mol. The zero-order chi connectivity index (χ0) is 17.7. The van der Waals surface area contributed by atoms with Crippen LogP contribution in [0.15, 0.2) is 30.3 Å². The first-order chi connectivity index (χ1) is 11.4. The monoisotopic (exact) mass is 368 g/mol. The Kier molecular flexibility index (Phi) is 7.86. The lowest BCUT2D eigenvalue weighted by Gasteiger charge is -2.18. The topological polar surface area (TPSA) is 105 Å². The number of rotatable bonds is 6. The Balaban J connectivity index is 0.00000312. The van der Waals surface area contributed by atoms with E-state index >= 15 is 0 Å². The highest BCUT2D eigenvalue weighted by Gasteiger charge is 2.33. The average Bonchev–Trinajstić information content (AvgIpc) is 2.93. The van der Waals surface area contributed by atoms with E-state index in [2.05, 4.69) is 10.6 Å². The van der Waals surface area contributed by atoms with Crippen LogP contribution >= 0.6 is 12.4 Å². The number of hydrogen-bond acceptors (Lipinski definition) is 4. The highest BCUT2D eigenvalue weighted by molar-refractivity contribution is 6.01. The van der Waals surface area contributed by atoms with Gasteiger partial charge in [-0.1, -0.05) is 32.0 Å². The maximum atomic E-state index is 12.4. The third-order valence-corrected chi connectivity index (χ3v) is 4.05. The SMILES string of the molecule is CC(C)[C@H](N)C(=O)NCC(=O)NC1CCN(c2ccccc2)C1=O.Cl. The number of benzene rings is 1. The van der Waals surface area contributed by atoms with Crippen molar-refractivity contribution < 1.29 is 14.4 Å². The molecule has 138 valence electrons. The molecule has 2 rings (SSSR count). The predicted octanol–water partition coefficient (Wildman–Crippen LogP) is 0.429. The molecule has 1 saturated heterocycles. The smallest absolute Gasteiger partial charge is 0.249 e. The summed E-state index contributed by atoms with van der Waals surface area (Å²) in [5.41, 5.74) is 6.53. The maximum Gasteiger partial charge on any atom is 0.249 e. The molecule has 0 aliphatic carbocycles. The van der Waals surface area contributed by atoms with E-state index in [-0.39, 0.29) is 36.7 Å². The van der Waals surface area contributed by atoms with Crippen LogP contribution in [-0.4, -0.2) is 42.9 Å². The van der Waals surface area contributed by atoms with E-state index in [9.17, 15) is 14.4 Å². The Morgan fingerprint density at radius 1 is 1.28 bits per heavy atom. The number of carbonyl (C=O) groups excluding carboxylic acids is 3. The number of para-hydroxylation sites is 1. The molecule has 1 fully saturated rings. The van der Waals surface area contributed by atoms with Gasteiger partial charge in [-0.25, -0.2) is 0 Å². The Morgan fingerprint density at radius 2 is 1.92 bits per heavy atom. The molecule has 0 spiro atoms. The lowest BCUT2D eigenvalue weighted by Crippen LogP contribution is -2.49. The number of anilines is 1. The van der Waals surface area contributed by atoms with Crippen LogP contribution in [0.3, 0.4) is 0 Å². The fourth-order valence-corrected chi connectivity index (χ4v) is 2.51. The fourth-order valence-electron chi connectivity index (χ4n) is 2.51. The average molecular weight is 369 g/mol.